The molecule has 160 valence electrons. The van der Waals surface area contributed by atoms with E-state index in [1.54, 1.807) is 7.05 Å². The molecular weight excluding hydrogens is 467 g/mol. The second-order valence-corrected chi connectivity index (χ2v) is 8.51. The monoisotopic (exact) mass is 504 g/mol. The summed E-state index contributed by atoms with van der Waals surface area (Å²) < 4.78 is 11.5. The molecule has 1 heterocycles. The minimum atomic E-state index is -0.224. The fraction of sp³-hybridized carbons (Fsp3) is 0.667. The number of morpholine rings is 1. The van der Waals surface area contributed by atoms with Crippen molar-refractivity contribution in [1.29, 1.82) is 0 Å². The Morgan fingerprint density at radius 3 is 2.36 bits per heavy atom. The van der Waals surface area contributed by atoms with Gasteiger partial charge < -0.3 is 20.1 Å². The lowest BCUT2D eigenvalue weighted by molar-refractivity contribution is -0.00834. The van der Waals surface area contributed by atoms with Crippen LogP contribution in [-0.2, 0) is 11.3 Å². The SMILES string of the molecule is CN=C(NCc1ccccc1OC(C)(C)C)NCC(C)(C)N1CCOCC1.I. The fourth-order valence-electron chi connectivity index (χ4n) is 3.06. The molecule has 2 N–H and O–H groups in total. The topological polar surface area (TPSA) is 58.1 Å². The molecule has 0 spiro atoms. The van der Waals surface area contributed by atoms with Crippen molar-refractivity contribution < 1.29 is 9.47 Å². The van der Waals surface area contributed by atoms with Crippen molar-refractivity contribution in [2.45, 2.75) is 52.3 Å². The van der Waals surface area contributed by atoms with E-state index in [4.69, 9.17) is 9.47 Å². The van der Waals surface area contributed by atoms with Crippen molar-refractivity contribution in [1.82, 2.24) is 15.5 Å². The summed E-state index contributed by atoms with van der Waals surface area (Å²) in [7, 11) is 1.80. The largest absolute Gasteiger partial charge is 0.488 e. The van der Waals surface area contributed by atoms with Gasteiger partial charge in [-0.3, -0.25) is 9.89 Å². The van der Waals surface area contributed by atoms with Crippen LogP contribution in [0.3, 0.4) is 0 Å². The summed E-state index contributed by atoms with van der Waals surface area (Å²) in [6.45, 7) is 15.7. The van der Waals surface area contributed by atoms with Gasteiger partial charge in [0.15, 0.2) is 5.96 Å². The number of aliphatic imine (C=N–C) groups is 1. The number of hydrogen-bond donors (Lipinski definition) is 2. The van der Waals surface area contributed by atoms with E-state index in [-0.39, 0.29) is 35.1 Å². The van der Waals surface area contributed by atoms with Crippen LogP contribution in [-0.4, -0.2) is 61.9 Å². The first-order chi connectivity index (χ1) is 12.7. The molecule has 28 heavy (non-hydrogen) atoms. The third-order valence-electron chi connectivity index (χ3n) is 4.61. The van der Waals surface area contributed by atoms with Gasteiger partial charge in [0.1, 0.15) is 11.4 Å². The first-order valence-electron chi connectivity index (χ1n) is 9.75. The van der Waals surface area contributed by atoms with Crippen LogP contribution in [0, 0.1) is 0 Å². The van der Waals surface area contributed by atoms with Gasteiger partial charge >= 0.3 is 0 Å². The third kappa shape index (κ3) is 8.13. The number of nitrogens with one attached hydrogen (secondary N) is 2. The Labute approximate surface area is 187 Å². The van der Waals surface area contributed by atoms with E-state index < -0.39 is 0 Å². The summed E-state index contributed by atoms with van der Waals surface area (Å²) >= 11 is 0. The van der Waals surface area contributed by atoms with Crippen LogP contribution < -0.4 is 15.4 Å². The predicted molar refractivity (Wildman–Crippen MR) is 127 cm³/mol. The van der Waals surface area contributed by atoms with Crippen molar-refractivity contribution in [3.8, 4) is 5.75 Å². The van der Waals surface area contributed by atoms with Gasteiger partial charge in [0, 0.05) is 44.3 Å². The quantitative estimate of drug-likeness (QED) is 0.354. The molecule has 0 aliphatic carbocycles. The van der Waals surface area contributed by atoms with Crippen LogP contribution in [0.2, 0.25) is 0 Å². The Hall–Kier alpha value is -1.06. The second-order valence-electron chi connectivity index (χ2n) is 8.51. The molecule has 2 rings (SSSR count). The zero-order valence-electron chi connectivity index (χ0n) is 18.2. The average Bonchev–Trinajstić information content (AvgIpc) is 2.62. The first kappa shape index (κ1) is 25.0. The number of halogens is 1. The Bertz CT molecular complexity index is 623. The Morgan fingerprint density at radius 2 is 1.75 bits per heavy atom. The molecule has 1 aromatic carbocycles. The number of guanidine groups is 1. The minimum absolute atomic E-state index is 0. The van der Waals surface area contributed by atoms with Crippen LogP contribution in [0.5, 0.6) is 5.75 Å². The van der Waals surface area contributed by atoms with Gasteiger partial charge in [-0.1, -0.05) is 18.2 Å². The zero-order valence-corrected chi connectivity index (χ0v) is 20.5. The lowest BCUT2D eigenvalue weighted by atomic mass is 10.0. The van der Waals surface area contributed by atoms with Crippen molar-refractivity contribution >= 4 is 29.9 Å². The minimum Gasteiger partial charge on any atom is -0.488 e. The highest BCUT2D eigenvalue weighted by atomic mass is 127. The van der Waals surface area contributed by atoms with Gasteiger partial charge in [-0.2, -0.15) is 0 Å². The molecule has 1 aliphatic rings. The van der Waals surface area contributed by atoms with E-state index in [0.29, 0.717) is 6.54 Å². The van der Waals surface area contributed by atoms with Crippen LogP contribution in [0.4, 0.5) is 0 Å². The highest BCUT2D eigenvalue weighted by molar-refractivity contribution is 14.0. The Balaban J connectivity index is 0.00000392. The van der Waals surface area contributed by atoms with E-state index in [0.717, 1.165) is 50.1 Å². The summed E-state index contributed by atoms with van der Waals surface area (Å²) in [6.07, 6.45) is 0. The molecule has 0 bridgehead atoms. The van der Waals surface area contributed by atoms with Gasteiger partial charge in [-0.15, -0.1) is 24.0 Å². The lowest BCUT2D eigenvalue weighted by Gasteiger charge is -2.41. The van der Waals surface area contributed by atoms with Crippen molar-refractivity contribution in [3.63, 3.8) is 0 Å². The fourth-order valence-corrected chi connectivity index (χ4v) is 3.06. The average molecular weight is 504 g/mol. The highest BCUT2D eigenvalue weighted by Gasteiger charge is 2.28. The van der Waals surface area contributed by atoms with Gasteiger partial charge in [0.25, 0.3) is 0 Å². The Morgan fingerprint density at radius 1 is 1.11 bits per heavy atom. The number of rotatable bonds is 6. The maximum atomic E-state index is 6.07. The zero-order chi connectivity index (χ0) is 19.9. The molecule has 1 saturated heterocycles. The number of para-hydroxylation sites is 1. The number of nitrogens with zero attached hydrogens (tertiary/aromatic N) is 2. The smallest absolute Gasteiger partial charge is 0.191 e. The van der Waals surface area contributed by atoms with Gasteiger partial charge in [0.2, 0.25) is 0 Å². The summed E-state index contributed by atoms with van der Waals surface area (Å²) in [5.74, 6) is 1.70. The molecule has 1 aliphatic heterocycles. The van der Waals surface area contributed by atoms with Gasteiger partial charge in [-0.05, 0) is 40.7 Å². The van der Waals surface area contributed by atoms with Crippen molar-refractivity contribution in [2.24, 2.45) is 4.99 Å². The highest BCUT2D eigenvalue weighted by Crippen LogP contribution is 2.22. The lowest BCUT2D eigenvalue weighted by Crippen LogP contribution is -2.56. The van der Waals surface area contributed by atoms with Gasteiger partial charge in [-0.25, -0.2) is 0 Å². The van der Waals surface area contributed by atoms with E-state index >= 15 is 0 Å². The normalized spacial score (nSPS) is 16.3. The van der Waals surface area contributed by atoms with Crippen molar-refractivity contribution in [3.05, 3.63) is 29.8 Å². The molecule has 0 atom stereocenters. The molecular formula is C21H37IN4O2. The standard InChI is InChI=1S/C21H36N4O2.HI/c1-20(2,3)27-18-10-8-7-9-17(18)15-23-19(22-6)24-16-21(4,5)25-11-13-26-14-12-25;/h7-10H,11-16H2,1-6H3,(H2,22,23,24);1H. The van der Waals surface area contributed by atoms with Crippen LogP contribution in [0.15, 0.2) is 29.3 Å². The molecule has 7 heteroatoms. The molecule has 0 aromatic heterocycles. The molecule has 1 aromatic rings. The number of benzene rings is 1. The van der Waals surface area contributed by atoms with E-state index in [1.165, 1.54) is 0 Å². The van der Waals surface area contributed by atoms with Crippen LogP contribution in [0.25, 0.3) is 0 Å². The van der Waals surface area contributed by atoms with Crippen molar-refractivity contribution in [2.75, 3.05) is 39.9 Å². The summed E-state index contributed by atoms with van der Waals surface area (Å²) in [5, 5.41) is 6.86. The molecule has 0 radical (unpaired) electrons. The Kier molecular flexibility index (Phi) is 10.00. The molecule has 0 amide bonds. The van der Waals surface area contributed by atoms with Crippen LogP contribution in [0.1, 0.15) is 40.2 Å². The number of ether oxygens (including phenoxy) is 2. The second kappa shape index (κ2) is 11.2. The maximum absolute atomic E-state index is 6.07. The summed E-state index contributed by atoms with van der Waals surface area (Å²) in [5.41, 5.74) is 0.926. The van der Waals surface area contributed by atoms with E-state index in [2.05, 4.69) is 61.2 Å². The van der Waals surface area contributed by atoms with E-state index in [1.807, 2.05) is 18.2 Å². The third-order valence-corrected chi connectivity index (χ3v) is 4.61. The summed E-state index contributed by atoms with van der Waals surface area (Å²) in [6, 6.07) is 8.13. The predicted octanol–water partition coefficient (Wildman–Crippen LogP) is 3.26. The van der Waals surface area contributed by atoms with Crippen LogP contribution >= 0.6 is 24.0 Å². The van der Waals surface area contributed by atoms with Gasteiger partial charge in [0.05, 0.1) is 13.2 Å². The molecule has 6 nitrogen and oxygen atoms in total. The number of hydrogen-bond acceptors (Lipinski definition) is 4. The molecule has 0 saturated carbocycles. The van der Waals surface area contributed by atoms with E-state index in [9.17, 15) is 0 Å². The summed E-state index contributed by atoms with van der Waals surface area (Å²) in [4.78, 5) is 6.83. The first-order valence-corrected chi connectivity index (χ1v) is 9.75. The molecule has 0 unspecified atom stereocenters. The molecule has 1 fully saturated rings. The maximum Gasteiger partial charge on any atom is 0.191 e.